The van der Waals surface area contributed by atoms with Crippen LogP contribution in [0.4, 0.5) is 0 Å². The third-order valence-corrected chi connectivity index (χ3v) is 7.78. The lowest BCUT2D eigenvalue weighted by Gasteiger charge is -2.27. The lowest BCUT2D eigenvalue weighted by atomic mass is 9.99. The minimum Gasteiger partial charge on any atom is -0.0793 e. The number of benzene rings is 1. The van der Waals surface area contributed by atoms with Crippen molar-refractivity contribution in [3.8, 4) is 0 Å². The Kier molecular flexibility index (Phi) is 2.95. The molecule has 0 amide bonds. The summed E-state index contributed by atoms with van der Waals surface area (Å²) in [6, 6.07) is 7.66. The van der Waals surface area contributed by atoms with Gasteiger partial charge in [0.05, 0.1) is 8.80 Å². The van der Waals surface area contributed by atoms with Crippen LogP contribution in [0.3, 0.4) is 0 Å². The molecule has 0 aromatic heterocycles. The Balaban J connectivity index is 1.97. The molecular weight excluding hydrogens is 220 g/mol. The fraction of sp³-hybridized carbons (Fsp3) is 0.500. The highest BCUT2D eigenvalue weighted by molar-refractivity contribution is 6.61. The summed E-state index contributed by atoms with van der Waals surface area (Å²) in [5, 5.41) is 0. The van der Waals surface area contributed by atoms with Gasteiger partial charge in [-0.3, -0.25) is 0 Å². The van der Waals surface area contributed by atoms with Crippen molar-refractivity contribution < 1.29 is 0 Å². The Hall–Kier alpha value is -0.823. The average Bonchev–Trinajstić information content (AvgIpc) is 2.81. The molecule has 0 saturated carbocycles. The van der Waals surface area contributed by atoms with Gasteiger partial charge in [0.15, 0.2) is 0 Å². The average molecular weight is 241 g/mol. The van der Waals surface area contributed by atoms with Crippen LogP contribution in [0.1, 0.15) is 47.1 Å². The highest BCUT2D eigenvalue weighted by Gasteiger charge is 2.30. The normalized spacial score (nSPS) is 24.0. The second-order valence-corrected chi connectivity index (χ2v) is 8.52. The lowest BCUT2D eigenvalue weighted by molar-refractivity contribution is 0.715. The van der Waals surface area contributed by atoms with E-state index in [9.17, 15) is 0 Å². The minimum atomic E-state index is -0.163. The molecule has 1 aromatic rings. The summed E-state index contributed by atoms with van der Waals surface area (Å²) in [4.78, 5) is 0. The molecule has 0 nitrogen and oxygen atoms in total. The molecule has 1 heterocycles. The van der Waals surface area contributed by atoms with Crippen molar-refractivity contribution >= 4 is 14.9 Å². The summed E-state index contributed by atoms with van der Waals surface area (Å²) < 4.78 is 0. The second-order valence-electron chi connectivity index (χ2n) is 5.58. The number of rotatable bonds is 1. The standard InChI is InChI=1S/C16H21Si/c1-12-6-7-13(2)16-14(12)8-9-15(16)17-10-4-3-5-11-17/h6-9,15H,3-5,10-11H2,1-2H3. The quantitative estimate of drug-likeness (QED) is 0.629. The summed E-state index contributed by atoms with van der Waals surface area (Å²) in [5.41, 5.74) is 7.01. The molecular formula is C16H21Si. The van der Waals surface area contributed by atoms with Crippen LogP contribution in [0.25, 0.3) is 6.08 Å². The number of allylic oxidation sites excluding steroid dienone is 1. The van der Waals surface area contributed by atoms with Crippen LogP contribution in [0.2, 0.25) is 12.1 Å². The van der Waals surface area contributed by atoms with Crippen molar-refractivity contribution in [1.29, 1.82) is 0 Å². The molecule has 89 valence electrons. The predicted octanol–water partition coefficient (Wildman–Crippen LogP) is 4.63. The topological polar surface area (TPSA) is 0 Å². The molecule has 1 saturated heterocycles. The molecule has 1 aromatic carbocycles. The fourth-order valence-electron chi connectivity index (χ4n) is 3.43. The first-order chi connectivity index (χ1) is 8.27. The number of fused-ring (bicyclic) bond motifs is 1. The Labute approximate surface area is 106 Å². The van der Waals surface area contributed by atoms with Gasteiger partial charge in [-0.2, -0.15) is 0 Å². The van der Waals surface area contributed by atoms with Gasteiger partial charge < -0.3 is 0 Å². The highest BCUT2D eigenvalue weighted by atomic mass is 28.3. The molecule has 1 fully saturated rings. The summed E-state index contributed by atoms with van der Waals surface area (Å²) in [6.07, 6.45) is 9.36. The van der Waals surface area contributed by atoms with Gasteiger partial charge in [-0.05, 0) is 41.6 Å². The van der Waals surface area contributed by atoms with Gasteiger partial charge in [0, 0.05) is 0 Å². The van der Waals surface area contributed by atoms with E-state index >= 15 is 0 Å². The lowest BCUT2D eigenvalue weighted by Crippen LogP contribution is -2.24. The van der Waals surface area contributed by atoms with Crippen molar-refractivity contribution in [1.82, 2.24) is 0 Å². The Morgan fingerprint density at radius 3 is 2.47 bits per heavy atom. The largest absolute Gasteiger partial charge is 0.0793 e. The summed E-state index contributed by atoms with van der Waals surface area (Å²) in [6.45, 7) is 4.55. The first-order valence-electron chi connectivity index (χ1n) is 6.90. The third kappa shape index (κ3) is 1.91. The molecule has 2 aliphatic rings. The first-order valence-corrected chi connectivity index (χ1v) is 8.89. The van der Waals surface area contributed by atoms with Crippen molar-refractivity contribution in [2.45, 2.75) is 50.7 Å². The molecule has 1 aliphatic heterocycles. The smallest absolute Gasteiger partial charge is 0.0613 e. The molecule has 1 heteroatoms. The van der Waals surface area contributed by atoms with Crippen LogP contribution < -0.4 is 0 Å². The first kappa shape index (κ1) is 11.3. The van der Waals surface area contributed by atoms with Crippen LogP contribution in [-0.4, -0.2) is 8.80 Å². The van der Waals surface area contributed by atoms with E-state index in [1.165, 1.54) is 48.0 Å². The summed E-state index contributed by atoms with van der Waals surface area (Å²) in [7, 11) is -0.163. The predicted molar refractivity (Wildman–Crippen MR) is 76.9 cm³/mol. The molecule has 0 bridgehead atoms. The Bertz CT molecular complexity index is 453. The molecule has 1 atom stereocenters. The SMILES string of the molecule is Cc1ccc(C)c2c1C=CC2[Si]1CCCCC1. The minimum absolute atomic E-state index is 0.163. The van der Waals surface area contributed by atoms with Gasteiger partial charge in [0.2, 0.25) is 0 Å². The highest BCUT2D eigenvalue weighted by Crippen LogP contribution is 2.40. The monoisotopic (exact) mass is 241 g/mol. The zero-order valence-corrected chi connectivity index (χ0v) is 11.9. The molecule has 1 aliphatic carbocycles. The Morgan fingerprint density at radius 1 is 1.00 bits per heavy atom. The summed E-state index contributed by atoms with van der Waals surface area (Å²) >= 11 is 0. The van der Waals surface area contributed by atoms with E-state index in [4.69, 9.17) is 0 Å². The van der Waals surface area contributed by atoms with Gasteiger partial charge >= 0.3 is 0 Å². The number of aryl methyl sites for hydroxylation is 2. The zero-order valence-electron chi connectivity index (χ0n) is 10.9. The summed E-state index contributed by atoms with van der Waals surface area (Å²) in [5.74, 6) is 0. The van der Waals surface area contributed by atoms with Crippen molar-refractivity contribution in [3.63, 3.8) is 0 Å². The maximum Gasteiger partial charge on any atom is 0.0613 e. The van der Waals surface area contributed by atoms with Crippen LogP contribution >= 0.6 is 0 Å². The zero-order chi connectivity index (χ0) is 11.8. The van der Waals surface area contributed by atoms with E-state index in [1.54, 1.807) is 5.56 Å². The van der Waals surface area contributed by atoms with Crippen molar-refractivity contribution in [2.24, 2.45) is 0 Å². The Morgan fingerprint density at radius 2 is 1.71 bits per heavy atom. The second kappa shape index (κ2) is 4.45. The van der Waals surface area contributed by atoms with Crippen LogP contribution in [0.5, 0.6) is 0 Å². The van der Waals surface area contributed by atoms with E-state index in [0.29, 0.717) is 0 Å². The van der Waals surface area contributed by atoms with E-state index in [1.807, 2.05) is 0 Å². The van der Waals surface area contributed by atoms with Crippen LogP contribution in [0, 0.1) is 13.8 Å². The molecule has 1 unspecified atom stereocenters. The molecule has 17 heavy (non-hydrogen) atoms. The fourth-order valence-corrected chi connectivity index (χ4v) is 6.87. The van der Waals surface area contributed by atoms with E-state index in [-0.39, 0.29) is 8.80 Å². The molecule has 0 spiro atoms. The van der Waals surface area contributed by atoms with E-state index in [0.717, 1.165) is 5.54 Å². The van der Waals surface area contributed by atoms with Gasteiger partial charge in [-0.25, -0.2) is 0 Å². The third-order valence-electron chi connectivity index (χ3n) is 4.43. The van der Waals surface area contributed by atoms with Gasteiger partial charge in [-0.1, -0.05) is 55.6 Å². The van der Waals surface area contributed by atoms with Crippen LogP contribution in [-0.2, 0) is 0 Å². The van der Waals surface area contributed by atoms with Gasteiger partial charge in [0.25, 0.3) is 0 Å². The molecule has 1 radical (unpaired) electrons. The number of hydrogen-bond acceptors (Lipinski definition) is 0. The molecule has 3 rings (SSSR count). The van der Waals surface area contributed by atoms with Crippen molar-refractivity contribution in [3.05, 3.63) is 40.5 Å². The van der Waals surface area contributed by atoms with Crippen molar-refractivity contribution in [2.75, 3.05) is 0 Å². The van der Waals surface area contributed by atoms with E-state index < -0.39 is 0 Å². The maximum absolute atomic E-state index is 2.52. The van der Waals surface area contributed by atoms with Gasteiger partial charge in [-0.15, -0.1) is 0 Å². The van der Waals surface area contributed by atoms with Crippen LogP contribution in [0.15, 0.2) is 18.2 Å². The van der Waals surface area contributed by atoms with E-state index in [2.05, 4.69) is 38.1 Å². The van der Waals surface area contributed by atoms with Gasteiger partial charge in [0.1, 0.15) is 0 Å². The maximum atomic E-state index is 2.52. The molecule has 0 N–H and O–H groups in total. The number of hydrogen-bond donors (Lipinski definition) is 0.